The molecule has 2 saturated heterocycles. The summed E-state index contributed by atoms with van der Waals surface area (Å²) in [6.07, 6.45) is 0. The number of likely N-dealkylation sites (N-methyl/N-ethyl adjacent to an activating group) is 1. The Morgan fingerprint density at radius 3 is 2.46 bits per heavy atom. The quantitative estimate of drug-likeness (QED) is 0.848. The van der Waals surface area contributed by atoms with Crippen LogP contribution in [0.5, 0.6) is 5.75 Å². The molecule has 3 rings (SSSR count). The lowest BCUT2D eigenvalue weighted by Gasteiger charge is -2.40. The van der Waals surface area contributed by atoms with E-state index in [1.54, 1.807) is 0 Å². The molecular formula is C19H32N4O. The van der Waals surface area contributed by atoms with Crippen molar-refractivity contribution in [1.29, 1.82) is 0 Å². The Hall–Kier alpha value is -1.14. The maximum atomic E-state index is 5.95. The van der Waals surface area contributed by atoms with Gasteiger partial charge in [-0.3, -0.25) is 9.80 Å². The molecule has 5 nitrogen and oxygen atoms in total. The third kappa shape index (κ3) is 4.48. The number of nitrogens with one attached hydrogen (secondary N) is 1. The number of hydrogen-bond donors (Lipinski definition) is 1. The number of rotatable bonds is 6. The fourth-order valence-corrected chi connectivity index (χ4v) is 3.72. The van der Waals surface area contributed by atoms with Crippen LogP contribution in [0.25, 0.3) is 0 Å². The molecule has 0 saturated carbocycles. The van der Waals surface area contributed by atoms with Gasteiger partial charge in [-0.15, -0.1) is 0 Å². The largest absolute Gasteiger partial charge is 0.494 e. The van der Waals surface area contributed by atoms with Gasteiger partial charge < -0.3 is 15.0 Å². The molecule has 0 radical (unpaired) electrons. The van der Waals surface area contributed by atoms with Gasteiger partial charge in [0.2, 0.25) is 0 Å². The normalized spacial score (nSPS) is 22.4. The van der Waals surface area contributed by atoms with Crippen LogP contribution in [0.15, 0.2) is 24.3 Å². The lowest BCUT2D eigenvalue weighted by molar-refractivity contribution is 0.0908. The van der Waals surface area contributed by atoms with E-state index >= 15 is 0 Å². The highest BCUT2D eigenvalue weighted by atomic mass is 16.5. The summed E-state index contributed by atoms with van der Waals surface area (Å²) in [6, 6.07) is 9.03. The summed E-state index contributed by atoms with van der Waals surface area (Å²) in [4.78, 5) is 7.67. The van der Waals surface area contributed by atoms with E-state index in [2.05, 4.69) is 58.3 Å². The second-order valence-electron chi connectivity index (χ2n) is 6.88. The van der Waals surface area contributed by atoms with Crippen molar-refractivity contribution < 1.29 is 4.74 Å². The standard InChI is InChI=1S/C19H32N4O/c1-3-24-19-7-5-4-6-17(19)18(23-10-8-20-9-11-23)16-22-14-12-21(2)13-15-22/h4-7,18,20H,3,8-16H2,1-2H3. The van der Waals surface area contributed by atoms with Crippen molar-refractivity contribution in [2.24, 2.45) is 0 Å². The van der Waals surface area contributed by atoms with Crippen LogP contribution in [0.2, 0.25) is 0 Å². The number of benzene rings is 1. The minimum Gasteiger partial charge on any atom is -0.494 e. The third-order valence-electron chi connectivity index (χ3n) is 5.20. The monoisotopic (exact) mass is 332 g/mol. The zero-order valence-corrected chi connectivity index (χ0v) is 15.2. The number of para-hydroxylation sites is 1. The van der Waals surface area contributed by atoms with Crippen LogP contribution in [0.1, 0.15) is 18.5 Å². The molecule has 1 atom stereocenters. The van der Waals surface area contributed by atoms with E-state index in [9.17, 15) is 0 Å². The number of piperazine rings is 2. The first-order valence-corrected chi connectivity index (χ1v) is 9.35. The van der Waals surface area contributed by atoms with E-state index in [4.69, 9.17) is 4.74 Å². The zero-order valence-electron chi connectivity index (χ0n) is 15.2. The maximum absolute atomic E-state index is 5.95. The van der Waals surface area contributed by atoms with Crippen LogP contribution in [-0.2, 0) is 0 Å². The smallest absolute Gasteiger partial charge is 0.124 e. The molecule has 2 fully saturated rings. The highest BCUT2D eigenvalue weighted by Crippen LogP contribution is 2.30. The summed E-state index contributed by atoms with van der Waals surface area (Å²) in [5.74, 6) is 1.05. The van der Waals surface area contributed by atoms with Crippen LogP contribution in [0.4, 0.5) is 0 Å². The van der Waals surface area contributed by atoms with Gasteiger partial charge in [0.05, 0.1) is 12.6 Å². The predicted octanol–water partition coefficient (Wildman–Crippen LogP) is 1.28. The Labute approximate surface area is 146 Å². The van der Waals surface area contributed by atoms with Gasteiger partial charge >= 0.3 is 0 Å². The first-order chi connectivity index (χ1) is 11.8. The number of nitrogens with zero attached hydrogens (tertiary/aromatic N) is 3. The maximum Gasteiger partial charge on any atom is 0.124 e. The van der Waals surface area contributed by atoms with Gasteiger partial charge in [-0.05, 0) is 20.0 Å². The van der Waals surface area contributed by atoms with E-state index in [1.807, 2.05) is 0 Å². The van der Waals surface area contributed by atoms with Crippen molar-refractivity contribution in [1.82, 2.24) is 20.0 Å². The fourth-order valence-electron chi connectivity index (χ4n) is 3.72. The molecule has 1 N–H and O–H groups in total. The Balaban J connectivity index is 1.79. The van der Waals surface area contributed by atoms with Crippen molar-refractivity contribution in [3.8, 4) is 5.75 Å². The Morgan fingerprint density at radius 2 is 1.75 bits per heavy atom. The summed E-state index contributed by atoms with van der Waals surface area (Å²) in [7, 11) is 2.22. The van der Waals surface area contributed by atoms with Gasteiger partial charge in [-0.25, -0.2) is 0 Å². The molecule has 2 heterocycles. The predicted molar refractivity (Wildman–Crippen MR) is 98.7 cm³/mol. The third-order valence-corrected chi connectivity index (χ3v) is 5.20. The Kier molecular flexibility index (Phi) is 6.49. The minimum atomic E-state index is 0.415. The van der Waals surface area contributed by atoms with E-state index < -0.39 is 0 Å². The summed E-state index contributed by atoms with van der Waals surface area (Å²) in [6.45, 7) is 12.9. The van der Waals surface area contributed by atoms with Crippen LogP contribution < -0.4 is 10.1 Å². The molecule has 134 valence electrons. The average molecular weight is 332 g/mol. The number of hydrogen-bond acceptors (Lipinski definition) is 5. The highest BCUT2D eigenvalue weighted by Gasteiger charge is 2.27. The summed E-state index contributed by atoms with van der Waals surface area (Å²) < 4.78 is 5.95. The van der Waals surface area contributed by atoms with Crippen molar-refractivity contribution in [2.45, 2.75) is 13.0 Å². The van der Waals surface area contributed by atoms with Gasteiger partial charge in [0.1, 0.15) is 5.75 Å². The molecule has 1 aromatic rings. The van der Waals surface area contributed by atoms with Crippen LogP contribution in [-0.4, -0.2) is 87.3 Å². The van der Waals surface area contributed by atoms with E-state index in [0.29, 0.717) is 6.04 Å². The molecule has 5 heteroatoms. The fraction of sp³-hybridized carbons (Fsp3) is 0.684. The van der Waals surface area contributed by atoms with Gasteiger partial charge in [-0.1, -0.05) is 18.2 Å². The molecule has 0 spiro atoms. The minimum absolute atomic E-state index is 0.415. The molecule has 1 aromatic carbocycles. The van der Waals surface area contributed by atoms with Crippen molar-refractivity contribution in [3.05, 3.63) is 29.8 Å². The van der Waals surface area contributed by atoms with Gasteiger partial charge in [0, 0.05) is 64.5 Å². The second-order valence-corrected chi connectivity index (χ2v) is 6.88. The Bertz CT molecular complexity index is 496. The SMILES string of the molecule is CCOc1ccccc1C(CN1CCN(C)CC1)N1CCNCC1. The first kappa shape index (κ1) is 17.7. The van der Waals surface area contributed by atoms with Gasteiger partial charge in [0.15, 0.2) is 0 Å². The molecular weight excluding hydrogens is 300 g/mol. The molecule has 2 aliphatic rings. The molecule has 0 amide bonds. The molecule has 24 heavy (non-hydrogen) atoms. The summed E-state index contributed by atoms with van der Waals surface area (Å²) in [5.41, 5.74) is 1.35. The van der Waals surface area contributed by atoms with Crippen LogP contribution in [0.3, 0.4) is 0 Å². The summed E-state index contributed by atoms with van der Waals surface area (Å²) in [5, 5.41) is 3.48. The van der Waals surface area contributed by atoms with Crippen LogP contribution >= 0.6 is 0 Å². The second kappa shape index (κ2) is 8.81. The van der Waals surface area contributed by atoms with E-state index in [1.165, 1.54) is 18.7 Å². The van der Waals surface area contributed by atoms with Gasteiger partial charge in [0.25, 0.3) is 0 Å². The number of ether oxygens (including phenoxy) is 1. The Morgan fingerprint density at radius 1 is 1.04 bits per heavy atom. The first-order valence-electron chi connectivity index (χ1n) is 9.35. The zero-order chi connectivity index (χ0) is 16.8. The molecule has 2 aliphatic heterocycles. The summed E-state index contributed by atoms with van der Waals surface area (Å²) >= 11 is 0. The molecule has 0 aromatic heterocycles. The lowest BCUT2D eigenvalue weighted by Crippen LogP contribution is -2.51. The molecule has 0 aliphatic carbocycles. The van der Waals surface area contributed by atoms with Crippen molar-refractivity contribution in [2.75, 3.05) is 72.6 Å². The van der Waals surface area contributed by atoms with E-state index in [-0.39, 0.29) is 0 Å². The average Bonchev–Trinajstić information content (AvgIpc) is 2.63. The molecule has 0 bridgehead atoms. The highest BCUT2D eigenvalue weighted by molar-refractivity contribution is 5.36. The van der Waals surface area contributed by atoms with Gasteiger partial charge in [-0.2, -0.15) is 0 Å². The molecule has 1 unspecified atom stereocenters. The van der Waals surface area contributed by atoms with Crippen molar-refractivity contribution >= 4 is 0 Å². The van der Waals surface area contributed by atoms with Crippen molar-refractivity contribution in [3.63, 3.8) is 0 Å². The van der Waals surface area contributed by atoms with E-state index in [0.717, 1.165) is 58.2 Å². The lowest BCUT2D eigenvalue weighted by atomic mass is 10.0. The topological polar surface area (TPSA) is 31.0 Å². The van der Waals surface area contributed by atoms with Crippen LogP contribution in [0, 0.1) is 0 Å².